The molecule has 94 valence electrons. The van der Waals surface area contributed by atoms with Crippen LogP contribution < -0.4 is 10.6 Å². The van der Waals surface area contributed by atoms with Gasteiger partial charge in [-0.3, -0.25) is 4.79 Å². The van der Waals surface area contributed by atoms with Crippen LogP contribution in [0.5, 0.6) is 0 Å². The molecule has 1 amide bonds. The Morgan fingerprint density at radius 3 is 3.18 bits per heavy atom. The van der Waals surface area contributed by atoms with Gasteiger partial charge in [0, 0.05) is 4.88 Å². The first kappa shape index (κ1) is 12.6. The van der Waals surface area contributed by atoms with Gasteiger partial charge in [0.05, 0.1) is 12.1 Å². The van der Waals surface area contributed by atoms with Crippen molar-refractivity contribution in [1.29, 1.82) is 0 Å². The highest BCUT2D eigenvalue weighted by Crippen LogP contribution is 2.23. The lowest BCUT2D eigenvalue weighted by Crippen LogP contribution is -2.41. The molecule has 1 aromatic rings. The van der Waals surface area contributed by atoms with Crippen molar-refractivity contribution in [3.8, 4) is 0 Å². The standard InChI is InChI=1S/C13H20N2OS/c1-2-5-10(12-7-4-9-17-12)15-13(16)11-6-3-8-14-11/h4,7,9-11,14H,2-3,5-6,8H2,1H3,(H,15,16)/t10?,11-/m1/s1. The van der Waals surface area contributed by atoms with Crippen LogP contribution in [0, 0.1) is 0 Å². The first-order valence-electron chi connectivity index (χ1n) is 6.38. The van der Waals surface area contributed by atoms with Crippen LogP contribution in [0.15, 0.2) is 17.5 Å². The van der Waals surface area contributed by atoms with Crippen molar-refractivity contribution in [2.45, 2.75) is 44.7 Å². The first-order chi connectivity index (χ1) is 8.31. The van der Waals surface area contributed by atoms with E-state index in [0.717, 1.165) is 32.2 Å². The van der Waals surface area contributed by atoms with Gasteiger partial charge >= 0.3 is 0 Å². The largest absolute Gasteiger partial charge is 0.347 e. The third-order valence-corrected chi connectivity index (χ3v) is 4.14. The van der Waals surface area contributed by atoms with Crippen LogP contribution in [0.2, 0.25) is 0 Å². The number of amides is 1. The van der Waals surface area contributed by atoms with E-state index in [1.165, 1.54) is 4.88 Å². The van der Waals surface area contributed by atoms with Gasteiger partial charge < -0.3 is 10.6 Å². The smallest absolute Gasteiger partial charge is 0.237 e. The maximum atomic E-state index is 12.1. The molecule has 1 aromatic heterocycles. The third kappa shape index (κ3) is 3.30. The van der Waals surface area contributed by atoms with Crippen LogP contribution >= 0.6 is 11.3 Å². The second-order valence-corrected chi connectivity index (χ2v) is 5.49. The zero-order valence-electron chi connectivity index (χ0n) is 10.2. The van der Waals surface area contributed by atoms with E-state index in [-0.39, 0.29) is 18.0 Å². The highest BCUT2D eigenvalue weighted by Gasteiger charge is 2.24. The van der Waals surface area contributed by atoms with Gasteiger partial charge in [-0.1, -0.05) is 19.4 Å². The molecule has 1 saturated heterocycles. The van der Waals surface area contributed by atoms with E-state index >= 15 is 0 Å². The molecule has 0 spiro atoms. The van der Waals surface area contributed by atoms with Gasteiger partial charge in [-0.25, -0.2) is 0 Å². The molecule has 2 N–H and O–H groups in total. The Morgan fingerprint density at radius 2 is 2.59 bits per heavy atom. The Bertz CT molecular complexity index is 344. The summed E-state index contributed by atoms with van der Waals surface area (Å²) >= 11 is 1.72. The first-order valence-corrected chi connectivity index (χ1v) is 7.26. The van der Waals surface area contributed by atoms with Gasteiger partial charge in [0.1, 0.15) is 0 Å². The molecular weight excluding hydrogens is 232 g/mol. The second-order valence-electron chi connectivity index (χ2n) is 4.51. The minimum Gasteiger partial charge on any atom is -0.347 e. The molecule has 0 aliphatic carbocycles. The van der Waals surface area contributed by atoms with Gasteiger partial charge in [0.25, 0.3) is 0 Å². The van der Waals surface area contributed by atoms with Gasteiger partial charge in [-0.15, -0.1) is 11.3 Å². The Hall–Kier alpha value is -0.870. The maximum absolute atomic E-state index is 12.1. The van der Waals surface area contributed by atoms with E-state index in [1.54, 1.807) is 11.3 Å². The quantitative estimate of drug-likeness (QED) is 0.845. The summed E-state index contributed by atoms with van der Waals surface area (Å²) in [6.07, 6.45) is 4.17. The normalized spacial score (nSPS) is 21.4. The summed E-state index contributed by atoms with van der Waals surface area (Å²) in [6.45, 7) is 3.12. The summed E-state index contributed by atoms with van der Waals surface area (Å²) in [7, 11) is 0. The lowest BCUT2D eigenvalue weighted by Gasteiger charge is -2.19. The van der Waals surface area contributed by atoms with Crippen molar-refractivity contribution in [3.05, 3.63) is 22.4 Å². The topological polar surface area (TPSA) is 41.1 Å². The number of nitrogens with one attached hydrogen (secondary N) is 2. The fourth-order valence-corrected chi connectivity index (χ4v) is 3.06. The molecule has 17 heavy (non-hydrogen) atoms. The molecule has 0 bridgehead atoms. The second kappa shape index (κ2) is 6.17. The molecule has 0 saturated carbocycles. The molecule has 4 heteroatoms. The summed E-state index contributed by atoms with van der Waals surface area (Å²) in [5.41, 5.74) is 0. The predicted molar refractivity (Wildman–Crippen MR) is 71.1 cm³/mol. The van der Waals surface area contributed by atoms with E-state index in [9.17, 15) is 4.79 Å². The molecular formula is C13H20N2OS. The summed E-state index contributed by atoms with van der Waals surface area (Å²) in [5, 5.41) is 8.48. The van der Waals surface area contributed by atoms with Gasteiger partial charge in [-0.2, -0.15) is 0 Å². The molecule has 3 nitrogen and oxygen atoms in total. The number of carbonyl (C=O) groups is 1. The van der Waals surface area contributed by atoms with Crippen molar-refractivity contribution in [2.75, 3.05) is 6.54 Å². The minimum absolute atomic E-state index is 0.0225. The van der Waals surface area contributed by atoms with Gasteiger partial charge in [0.15, 0.2) is 0 Å². The lowest BCUT2D eigenvalue weighted by molar-refractivity contribution is -0.123. The summed E-state index contributed by atoms with van der Waals surface area (Å²) in [4.78, 5) is 13.3. The molecule has 2 atom stereocenters. The average molecular weight is 252 g/mol. The van der Waals surface area contributed by atoms with Crippen LogP contribution in [0.1, 0.15) is 43.5 Å². The number of thiophene rings is 1. The predicted octanol–water partition coefficient (Wildman–Crippen LogP) is 2.46. The third-order valence-electron chi connectivity index (χ3n) is 3.16. The zero-order chi connectivity index (χ0) is 12.1. The SMILES string of the molecule is CCCC(NC(=O)[C@H]1CCCN1)c1cccs1. The van der Waals surface area contributed by atoms with Crippen LogP contribution in [0.4, 0.5) is 0 Å². The Morgan fingerprint density at radius 1 is 1.71 bits per heavy atom. The lowest BCUT2D eigenvalue weighted by atomic mass is 10.1. The van der Waals surface area contributed by atoms with Crippen molar-refractivity contribution in [1.82, 2.24) is 10.6 Å². The van der Waals surface area contributed by atoms with Crippen molar-refractivity contribution in [3.63, 3.8) is 0 Å². The molecule has 1 aliphatic heterocycles. The average Bonchev–Trinajstić information content (AvgIpc) is 3.01. The van der Waals surface area contributed by atoms with Gasteiger partial charge in [-0.05, 0) is 37.3 Å². The number of rotatable bonds is 5. The van der Waals surface area contributed by atoms with Crippen LogP contribution in [0.25, 0.3) is 0 Å². The van der Waals surface area contributed by atoms with Crippen molar-refractivity contribution in [2.24, 2.45) is 0 Å². The highest BCUT2D eigenvalue weighted by atomic mass is 32.1. The molecule has 1 aliphatic rings. The number of carbonyl (C=O) groups excluding carboxylic acids is 1. The zero-order valence-corrected chi connectivity index (χ0v) is 11.1. The summed E-state index contributed by atoms with van der Waals surface area (Å²) in [6, 6.07) is 4.36. The monoisotopic (exact) mass is 252 g/mol. The van der Waals surface area contributed by atoms with Crippen LogP contribution in [-0.2, 0) is 4.79 Å². The summed E-state index contributed by atoms with van der Waals surface area (Å²) in [5.74, 6) is 0.161. The highest BCUT2D eigenvalue weighted by molar-refractivity contribution is 7.10. The number of hydrogen-bond donors (Lipinski definition) is 2. The van der Waals surface area contributed by atoms with Crippen molar-refractivity contribution < 1.29 is 4.79 Å². The van der Waals surface area contributed by atoms with E-state index in [4.69, 9.17) is 0 Å². The fraction of sp³-hybridized carbons (Fsp3) is 0.615. The molecule has 2 heterocycles. The van der Waals surface area contributed by atoms with E-state index in [2.05, 4.69) is 29.0 Å². The maximum Gasteiger partial charge on any atom is 0.237 e. The van der Waals surface area contributed by atoms with Gasteiger partial charge in [0.2, 0.25) is 5.91 Å². The Balaban J connectivity index is 1.95. The van der Waals surface area contributed by atoms with Crippen LogP contribution in [0.3, 0.4) is 0 Å². The molecule has 1 fully saturated rings. The molecule has 2 rings (SSSR count). The van der Waals surface area contributed by atoms with E-state index in [0.29, 0.717) is 0 Å². The van der Waals surface area contributed by atoms with Crippen molar-refractivity contribution >= 4 is 17.2 Å². The van der Waals surface area contributed by atoms with Crippen LogP contribution in [-0.4, -0.2) is 18.5 Å². The van der Waals surface area contributed by atoms with E-state index < -0.39 is 0 Å². The minimum atomic E-state index is 0.0225. The molecule has 0 aromatic carbocycles. The number of hydrogen-bond acceptors (Lipinski definition) is 3. The Labute approximate surface area is 107 Å². The molecule has 0 radical (unpaired) electrons. The summed E-state index contributed by atoms with van der Waals surface area (Å²) < 4.78 is 0. The Kier molecular flexibility index (Phi) is 4.57. The fourth-order valence-electron chi connectivity index (χ4n) is 2.24. The van der Waals surface area contributed by atoms with E-state index in [1.807, 2.05) is 6.07 Å². The molecule has 1 unspecified atom stereocenters.